The Bertz CT molecular complexity index is 396. The number of rotatable bonds is 8. The van der Waals surface area contributed by atoms with Crippen LogP contribution in [0.1, 0.15) is 40.0 Å². The third-order valence-electron chi connectivity index (χ3n) is 4.70. The molecule has 156 valence electrons. The summed E-state index contributed by atoms with van der Waals surface area (Å²) >= 11 is 0. The SMILES string of the molecule is CCCC(CCO)CN=C(NCC)N1CCN(C(C)C(F)(F)F)CC1.I. The Morgan fingerprint density at radius 2 is 1.77 bits per heavy atom. The summed E-state index contributed by atoms with van der Waals surface area (Å²) in [6, 6.07) is -1.41. The van der Waals surface area contributed by atoms with Gasteiger partial charge in [0.15, 0.2) is 5.96 Å². The Kier molecular flexibility index (Phi) is 12.8. The van der Waals surface area contributed by atoms with Gasteiger partial charge < -0.3 is 15.3 Å². The molecular weight excluding hydrogens is 460 g/mol. The van der Waals surface area contributed by atoms with E-state index in [1.54, 1.807) is 0 Å². The van der Waals surface area contributed by atoms with Gasteiger partial charge in [0.2, 0.25) is 0 Å². The fourth-order valence-corrected chi connectivity index (χ4v) is 3.09. The number of guanidine groups is 1. The highest BCUT2D eigenvalue weighted by Gasteiger charge is 2.41. The molecule has 0 spiro atoms. The van der Waals surface area contributed by atoms with E-state index in [9.17, 15) is 13.2 Å². The minimum atomic E-state index is -4.18. The maximum Gasteiger partial charge on any atom is 0.403 e. The van der Waals surface area contributed by atoms with Crippen LogP contribution in [-0.2, 0) is 0 Å². The van der Waals surface area contributed by atoms with Crippen molar-refractivity contribution >= 4 is 29.9 Å². The number of piperazine rings is 1. The van der Waals surface area contributed by atoms with Gasteiger partial charge >= 0.3 is 6.18 Å². The van der Waals surface area contributed by atoms with Gasteiger partial charge in [0.05, 0.1) is 0 Å². The molecule has 0 aliphatic carbocycles. The molecule has 0 aromatic rings. The summed E-state index contributed by atoms with van der Waals surface area (Å²) in [5.41, 5.74) is 0. The van der Waals surface area contributed by atoms with Gasteiger partial charge in [-0.2, -0.15) is 13.2 Å². The van der Waals surface area contributed by atoms with Gasteiger partial charge in [0, 0.05) is 45.9 Å². The number of nitrogens with one attached hydrogen (secondary N) is 1. The van der Waals surface area contributed by atoms with Crippen molar-refractivity contribution in [1.29, 1.82) is 0 Å². The highest BCUT2D eigenvalue weighted by atomic mass is 127. The van der Waals surface area contributed by atoms with E-state index in [0.717, 1.165) is 31.8 Å². The number of hydrogen-bond acceptors (Lipinski definition) is 3. The number of aliphatic hydroxyl groups is 1. The van der Waals surface area contributed by atoms with Crippen molar-refractivity contribution in [3.8, 4) is 0 Å². The number of hydrogen-bond donors (Lipinski definition) is 2. The van der Waals surface area contributed by atoms with Crippen molar-refractivity contribution in [2.45, 2.75) is 52.3 Å². The number of halogens is 4. The van der Waals surface area contributed by atoms with E-state index in [2.05, 4.69) is 17.2 Å². The summed E-state index contributed by atoms with van der Waals surface area (Å²) in [4.78, 5) is 8.18. The molecular formula is C17H34F3IN4O. The van der Waals surface area contributed by atoms with Crippen molar-refractivity contribution in [1.82, 2.24) is 15.1 Å². The third-order valence-corrected chi connectivity index (χ3v) is 4.70. The standard InChI is InChI=1S/C17H33F3N4O.HI/c1-4-6-15(7-12-25)13-22-16(21-5-2)24-10-8-23(9-11-24)14(3)17(18,19)20;/h14-15,25H,4-13H2,1-3H3,(H,21,22);1H. The minimum Gasteiger partial charge on any atom is -0.396 e. The second-order valence-electron chi connectivity index (χ2n) is 6.60. The van der Waals surface area contributed by atoms with Crippen molar-refractivity contribution in [3.05, 3.63) is 0 Å². The van der Waals surface area contributed by atoms with E-state index in [0.29, 0.717) is 38.6 Å². The quantitative estimate of drug-likeness (QED) is 0.310. The van der Waals surface area contributed by atoms with Gasteiger partial charge in [0.25, 0.3) is 0 Å². The van der Waals surface area contributed by atoms with Crippen LogP contribution in [0.5, 0.6) is 0 Å². The van der Waals surface area contributed by atoms with E-state index >= 15 is 0 Å². The predicted octanol–water partition coefficient (Wildman–Crippen LogP) is 2.94. The molecule has 0 saturated carbocycles. The molecule has 0 bridgehead atoms. The van der Waals surface area contributed by atoms with Crippen LogP contribution in [0.3, 0.4) is 0 Å². The van der Waals surface area contributed by atoms with E-state index in [4.69, 9.17) is 5.11 Å². The van der Waals surface area contributed by atoms with Gasteiger partial charge in [-0.25, -0.2) is 0 Å². The van der Waals surface area contributed by atoms with Crippen molar-refractivity contribution in [3.63, 3.8) is 0 Å². The zero-order valence-electron chi connectivity index (χ0n) is 16.1. The topological polar surface area (TPSA) is 51.1 Å². The van der Waals surface area contributed by atoms with Crippen LogP contribution in [0.4, 0.5) is 13.2 Å². The summed E-state index contributed by atoms with van der Waals surface area (Å²) in [7, 11) is 0. The monoisotopic (exact) mass is 494 g/mol. The number of nitrogens with zero attached hydrogens (tertiary/aromatic N) is 3. The Balaban J connectivity index is 0.00000625. The zero-order valence-corrected chi connectivity index (χ0v) is 18.4. The van der Waals surface area contributed by atoms with Crippen LogP contribution in [0, 0.1) is 5.92 Å². The molecule has 1 rings (SSSR count). The predicted molar refractivity (Wildman–Crippen MR) is 110 cm³/mol. The lowest BCUT2D eigenvalue weighted by Crippen LogP contribution is -2.56. The molecule has 0 aromatic heterocycles. The third kappa shape index (κ3) is 8.60. The lowest BCUT2D eigenvalue weighted by atomic mass is 10.0. The summed E-state index contributed by atoms with van der Waals surface area (Å²) in [6.07, 6.45) is -1.39. The molecule has 26 heavy (non-hydrogen) atoms. The zero-order chi connectivity index (χ0) is 18.9. The Hall–Kier alpha value is -0.290. The lowest BCUT2D eigenvalue weighted by Gasteiger charge is -2.39. The maximum absolute atomic E-state index is 12.9. The van der Waals surface area contributed by atoms with Crippen LogP contribution in [0.15, 0.2) is 4.99 Å². The number of aliphatic hydroxyl groups excluding tert-OH is 1. The Morgan fingerprint density at radius 1 is 1.15 bits per heavy atom. The first-order valence-electron chi connectivity index (χ1n) is 9.28. The largest absolute Gasteiger partial charge is 0.403 e. The molecule has 1 saturated heterocycles. The first-order valence-corrected chi connectivity index (χ1v) is 9.28. The fraction of sp³-hybridized carbons (Fsp3) is 0.941. The second kappa shape index (κ2) is 13.0. The van der Waals surface area contributed by atoms with Gasteiger partial charge in [-0.3, -0.25) is 9.89 Å². The Morgan fingerprint density at radius 3 is 2.23 bits per heavy atom. The smallest absolute Gasteiger partial charge is 0.396 e. The molecule has 5 nitrogen and oxygen atoms in total. The van der Waals surface area contributed by atoms with Crippen LogP contribution in [0.2, 0.25) is 0 Å². The molecule has 1 aliphatic heterocycles. The lowest BCUT2D eigenvalue weighted by molar-refractivity contribution is -0.181. The van der Waals surface area contributed by atoms with Gasteiger partial charge in [0.1, 0.15) is 6.04 Å². The number of alkyl halides is 3. The van der Waals surface area contributed by atoms with Gasteiger partial charge in [-0.05, 0) is 32.6 Å². The molecule has 0 aromatic carbocycles. The minimum absolute atomic E-state index is 0. The molecule has 1 fully saturated rings. The van der Waals surface area contributed by atoms with Crippen molar-refractivity contribution in [2.75, 3.05) is 45.9 Å². The first kappa shape index (κ1) is 25.7. The molecule has 1 heterocycles. The van der Waals surface area contributed by atoms with Crippen molar-refractivity contribution < 1.29 is 18.3 Å². The first-order chi connectivity index (χ1) is 11.8. The van der Waals surface area contributed by atoms with Crippen LogP contribution in [-0.4, -0.2) is 79.0 Å². The van der Waals surface area contributed by atoms with Crippen LogP contribution >= 0.6 is 24.0 Å². The average Bonchev–Trinajstić information content (AvgIpc) is 2.57. The maximum atomic E-state index is 12.9. The van der Waals surface area contributed by atoms with Crippen LogP contribution in [0.25, 0.3) is 0 Å². The Labute approximate surface area is 172 Å². The molecule has 2 N–H and O–H groups in total. The molecule has 1 aliphatic rings. The molecule has 0 radical (unpaired) electrons. The highest BCUT2D eigenvalue weighted by Crippen LogP contribution is 2.25. The van der Waals surface area contributed by atoms with Gasteiger partial charge in [-0.15, -0.1) is 24.0 Å². The summed E-state index contributed by atoms with van der Waals surface area (Å²) < 4.78 is 38.6. The van der Waals surface area contributed by atoms with E-state index in [1.165, 1.54) is 11.8 Å². The molecule has 2 unspecified atom stereocenters. The van der Waals surface area contributed by atoms with E-state index in [-0.39, 0.29) is 30.6 Å². The van der Waals surface area contributed by atoms with E-state index < -0.39 is 12.2 Å². The highest BCUT2D eigenvalue weighted by molar-refractivity contribution is 14.0. The molecule has 2 atom stereocenters. The number of aliphatic imine (C=N–C) groups is 1. The molecule has 0 amide bonds. The molecule has 9 heteroatoms. The van der Waals surface area contributed by atoms with E-state index in [1.807, 2.05) is 11.8 Å². The van der Waals surface area contributed by atoms with Gasteiger partial charge in [-0.1, -0.05) is 13.3 Å². The van der Waals surface area contributed by atoms with Crippen LogP contribution < -0.4 is 5.32 Å². The summed E-state index contributed by atoms with van der Waals surface area (Å²) in [6.45, 7) is 8.64. The normalized spacial score (nSPS) is 19.0. The second-order valence-corrected chi connectivity index (χ2v) is 6.60. The fourth-order valence-electron chi connectivity index (χ4n) is 3.09. The average molecular weight is 494 g/mol. The summed E-state index contributed by atoms with van der Waals surface area (Å²) in [5, 5.41) is 12.4. The summed E-state index contributed by atoms with van der Waals surface area (Å²) in [5.74, 6) is 1.11. The van der Waals surface area contributed by atoms with Crippen molar-refractivity contribution in [2.24, 2.45) is 10.9 Å².